The van der Waals surface area contributed by atoms with Crippen LogP contribution in [0.2, 0.25) is 0 Å². The molecule has 3 rings (SSSR count). The second kappa shape index (κ2) is 9.42. The van der Waals surface area contributed by atoms with Gasteiger partial charge in [0.15, 0.2) is 0 Å². The second-order valence-electron chi connectivity index (χ2n) is 7.61. The maximum Gasteiger partial charge on any atom is 0.219 e. The maximum absolute atomic E-state index is 13.9. The zero-order chi connectivity index (χ0) is 18.4. The molecule has 1 aromatic rings. The smallest absolute Gasteiger partial charge is 0.219 e. The van der Waals surface area contributed by atoms with Crippen LogP contribution < -0.4 is 0 Å². The number of halogens is 1. The van der Waals surface area contributed by atoms with Crippen LogP contribution in [-0.2, 0) is 11.3 Å². The summed E-state index contributed by atoms with van der Waals surface area (Å²) in [4.78, 5) is 22.9. The SMILES string of the molecule is CC(=O)N(CCN1CCCCC1)C1CCCN(Cc2ccncc2F)C1. The Kier molecular flexibility index (Phi) is 6.97. The van der Waals surface area contributed by atoms with Crippen molar-refractivity contribution >= 4 is 5.91 Å². The van der Waals surface area contributed by atoms with Crippen LogP contribution in [0.15, 0.2) is 18.5 Å². The van der Waals surface area contributed by atoms with Crippen LogP contribution in [0, 0.1) is 5.82 Å². The summed E-state index contributed by atoms with van der Waals surface area (Å²) in [6.07, 6.45) is 8.87. The molecule has 2 aliphatic rings. The van der Waals surface area contributed by atoms with Gasteiger partial charge in [-0.05, 0) is 51.4 Å². The van der Waals surface area contributed by atoms with E-state index in [2.05, 4.69) is 14.8 Å². The van der Waals surface area contributed by atoms with Gasteiger partial charge >= 0.3 is 0 Å². The Balaban J connectivity index is 1.56. The standard InChI is InChI=1S/C20H31FN4O/c1-17(26)25(13-12-23-9-3-2-4-10-23)19-6-5-11-24(16-19)15-18-7-8-22-14-20(18)21/h7-8,14,19H,2-6,9-13,15-16H2,1H3. The van der Waals surface area contributed by atoms with Gasteiger partial charge in [0.25, 0.3) is 0 Å². The molecule has 0 spiro atoms. The number of likely N-dealkylation sites (tertiary alicyclic amines) is 2. The lowest BCUT2D eigenvalue weighted by Gasteiger charge is -2.40. The molecule has 26 heavy (non-hydrogen) atoms. The molecule has 1 unspecified atom stereocenters. The number of amides is 1. The monoisotopic (exact) mass is 362 g/mol. The van der Waals surface area contributed by atoms with Crippen LogP contribution in [0.4, 0.5) is 4.39 Å². The van der Waals surface area contributed by atoms with Crippen molar-refractivity contribution in [1.82, 2.24) is 19.7 Å². The normalized spacial score (nSPS) is 22.3. The number of nitrogens with zero attached hydrogens (tertiary/aromatic N) is 4. The van der Waals surface area contributed by atoms with E-state index in [1.54, 1.807) is 19.2 Å². The number of piperidine rings is 2. The fraction of sp³-hybridized carbons (Fsp3) is 0.700. The third kappa shape index (κ3) is 5.24. The highest BCUT2D eigenvalue weighted by Crippen LogP contribution is 2.19. The van der Waals surface area contributed by atoms with Gasteiger partial charge in [0.1, 0.15) is 5.82 Å². The zero-order valence-corrected chi connectivity index (χ0v) is 15.9. The van der Waals surface area contributed by atoms with Gasteiger partial charge in [-0.3, -0.25) is 14.7 Å². The van der Waals surface area contributed by atoms with Crippen molar-refractivity contribution in [3.05, 3.63) is 29.8 Å². The summed E-state index contributed by atoms with van der Waals surface area (Å²) in [6.45, 7) is 8.12. The summed E-state index contributed by atoms with van der Waals surface area (Å²) in [7, 11) is 0. The summed E-state index contributed by atoms with van der Waals surface area (Å²) in [5.74, 6) is -0.0907. The van der Waals surface area contributed by atoms with Crippen LogP contribution in [0.5, 0.6) is 0 Å². The first-order valence-electron chi connectivity index (χ1n) is 9.94. The molecule has 1 atom stereocenters. The molecule has 2 saturated heterocycles. The van der Waals surface area contributed by atoms with Crippen molar-refractivity contribution < 1.29 is 9.18 Å². The minimum Gasteiger partial charge on any atom is -0.337 e. The van der Waals surface area contributed by atoms with Crippen molar-refractivity contribution in [2.24, 2.45) is 0 Å². The van der Waals surface area contributed by atoms with E-state index < -0.39 is 0 Å². The van der Waals surface area contributed by atoms with Crippen LogP contribution >= 0.6 is 0 Å². The Hall–Kier alpha value is -1.53. The number of pyridine rings is 1. The molecular formula is C20H31FN4O. The fourth-order valence-corrected chi connectivity index (χ4v) is 4.23. The summed E-state index contributed by atoms with van der Waals surface area (Å²) in [5, 5.41) is 0. The van der Waals surface area contributed by atoms with E-state index in [0.717, 1.165) is 52.1 Å². The number of carbonyl (C=O) groups is 1. The Morgan fingerprint density at radius 3 is 2.73 bits per heavy atom. The zero-order valence-electron chi connectivity index (χ0n) is 15.9. The maximum atomic E-state index is 13.9. The lowest BCUT2D eigenvalue weighted by Crippen LogP contribution is -2.51. The van der Waals surface area contributed by atoms with Gasteiger partial charge in [-0.1, -0.05) is 6.42 Å². The van der Waals surface area contributed by atoms with Gasteiger partial charge in [-0.25, -0.2) is 4.39 Å². The molecule has 6 heteroatoms. The van der Waals surface area contributed by atoms with Gasteiger partial charge in [-0.2, -0.15) is 0 Å². The average Bonchev–Trinajstić information content (AvgIpc) is 2.65. The van der Waals surface area contributed by atoms with Crippen LogP contribution in [0.3, 0.4) is 0 Å². The minimum absolute atomic E-state index is 0.156. The number of hydrogen-bond acceptors (Lipinski definition) is 4. The number of rotatable bonds is 6. The molecule has 0 radical (unpaired) electrons. The third-order valence-corrected chi connectivity index (χ3v) is 5.68. The molecule has 0 saturated carbocycles. The number of hydrogen-bond donors (Lipinski definition) is 0. The largest absolute Gasteiger partial charge is 0.337 e. The van der Waals surface area contributed by atoms with Crippen LogP contribution in [0.1, 0.15) is 44.6 Å². The minimum atomic E-state index is -0.247. The first-order valence-corrected chi connectivity index (χ1v) is 9.94. The molecule has 0 aromatic carbocycles. The number of aromatic nitrogens is 1. The van der Waals surface area contributed by atoms with Crippen LogP contribution in [-0.4, -0.2) is 70.9 Å². The predicted octanol–water partition coefficient (Wildman–Crippen LogP) is 2.52. The Labute approximate surface area is 156 Å². The molecule has 0 N–H and O–H groups in total. The Bertz CT molecular complexity index is 591. The molecule has 5 nitrogen and oxygen atoms in total. The van der Waals surface area contributed by atoms with E-state index in [-0.39, 0.29) is 17.8 Å². The van der Waals surface area contributed by atoms with Gasteiger partial charge in [0, 0.05) is 50.9 Å². The Morgan fingerprint density at radius 2 is 2.00 bits per heavy atom. The van der Waals surface area contributed by atoms with Gasteiger partial charge < -0.3 is 9.80 Å². The molecule has 2 aliphatic heterocycles. The van der Waals surface area contributed by atoms with E-state index in [9.17, 15) is 9.18 Å². The average molecular weight is 362 g/mol. The van der Waals surface area contributed by atoms with Gasteiger partial charge in [0.2, 0.25) is 5.91 Å². The highest BCUT2D eigenvalue weighted by atomic mass is 19.1. The van der Waals surface area contributed by atoms with E-state index in [1.165, 1.54) is 25.5 Å². The lowest BCUT2D eigenvalue weighted by molar-refractivity contribution is -0.132. The third-order valence-electron chi connectivity index (χ3n) is 5.68. The van der Waals surface area contributed by atoms with E-state index in [0.29, 0.717) is 12.1 Å². The fourth-order valence-electron chi connectivity index (χ4n) is 4.23. The lowest BCUT2D eigenvalue weighted by atomic mass is 10.0. The molecule has 0 aliphatic carbocycles. The second-order valence-corrected chi connectivity index (χ2v) is 7.61. The van der Waals surface area contributed by atoms with Crippen molar-refractivity contribution in [1.29, 1.82) is 0 Å². The van der Waals surface area contributed by atoms with Crippen molar-refractivity contribution in [2.45, 2.75) is 51.6 Å². The molecule has 1 amide bonds. The first-order chi connectivity index (χ1) is 12.6. The molecule has 3 heterocycles. The Morgan fingerprint density at radius 1 is 1.23 bits per heavy atom. The summed E-state index contributed by atoms with van der Waals surface area (Å²) < 4.78 is 13.9. The summed E-state index contributed by atoms with van der Waals surface area (Å²) >= 11 is 0. The molecule has 2 fully saturated rings. The van der Waals surface area contributed by atoms with Crippen molar-refractivity contribution in [3.63, 3.8) is 0 Å². The predicted molar refractivity (Wildman–Crippen MR) is 100 cm³/mol. The number of carbonyl (C=O) groups excluding carboxylic acids is 1. The first kappa shape index (κ1) is 19.2. The van der Waals surface area contributed by atoms with Crippen molar-refractivity contribution in [3.8, 4) is 0 Å². The van der Waals surface area contributed by atoms with Gasteiger partial charge in [0.05, 0.1) is 6.20 Å². The van der Waals surface area contributed by atoms with Gasteiger partial charge in [-0.15, -0.1) is 0 Å². The van der Waals surface area contributed by atoms with Crippen LogP contribution in [0.25, 0.3) is 0 Å². The van der Waals surface area contributed by atoms with E-state index in [1.807, 2.05) is 4.90 Å². The summed E-state index contributed by atoms with van der Waals surface area (Å²) in [6, 6.07) is 1.98. The summed E-state index contributed by atoms with van der Waals surface area (Å²) in [5.41, 5.74) is 0.684. The molecule has 144 valence electrons. The molecular weight excluding hydrogens is 331 g/mol. The molecule has 0 bridgehead atoms. The topological polar surface area (TPSA) is 39.7 Å². The highest BCUT2D eigenvalue weighted by molar-refractivity contribution is 5.73. The van der Waals surface area contributed by atoms with E-state index in [4.69, 9.17) is 0 Å². The molecule has 1 aromatic heterocycles. The quantitative estimate of drug-likeness (QED) is 0.780. The highest BCUT2D eigenvalue weighted by Gasteiger charge is 2.27. The van der Waals surface area contributed by atoms with E-state index >= 15 is 0 Å². The van der Waals surface area contributed by atoms with Crippen molar-refractivity contribution in [2.75, 3.05) is 39.3 Å².